The summed E-state index contributed by atoms with van der Waals surface area (Å²) in [5.41, 5.74) is 1.28. The smallest absolute Gasteiger partial charge is 0.0409 e. The summed E-state index contributed by atoms with van der Waals surface area (Å²) < 4.78 is 0. The first-order valence-electron chi connectivity index (χ1n) is 5.77. The summed E-state index contributed by atoms with van der Waals surface area (Å²) in [4.78, 5) is 0. The Morgan fingerprint density at radius 2 is 2.33 bits per heavy atom. The van der Waals surface area contributed by atoms with Crippen molar-refractivity contribution in [2.75, 3.05) is 0 Å². The molecule has 1 aromatic rings. The van der Waals surface area contributed by atoms with E-state index in [0.29, 0.717) is 0 Å². The molecule has 0 bridgehead atoms. The van der Waals surface area contributed by atoms with Crippen LogP contribution in [0.2, 0.25) is 5.02 Å². The van der Waals surface area contributed by atoms with E-state index in [1.165, 1.54) is 24.8 Å². The van der Waals surface area contributed by atoms with Crippen molar-refractivity contribution in [1.82, 2.24) is 5.32 Å². The molecule has 2 atom stereocenters. The Hall–Kier alpha value is -0.530. The Labute approximate surface area is 96.8 Å². The first-order chi connectivity index (χ1) is 7.29. The largest absolute Gasteiger partial charge is 0.310 e. The first kappa shape index (κ1) is 11.0. The average molecular weight is 224 g/mol. The van der Waals surface area contributed by atoms with Crippen LogP contribution in [-0.4, -0.2) is 6.04 Å². The van der Waals surface area contributed by atoms with Gasteiger partial charge in [0.15, 0.2) is 0 Å². The molecule has 0 radical (unpaired) electrons. The molecule has 0 saturated heterocycles. The van der Waals surface area contributed by atoms with Gasteiger partial charge in [0, 0.05) is 17.6 Å². The molecule has 2 unspecified atom stereocenters. The lowest BCUT2D eigenvalue weighted by Gasteiger charge is -2.04. The molecule has 0 spiro atoms. The maximum absolute atomic E-state index is 5.93. The molecular weight excluding hydrogens is 206 g/mol. The van der Waals surface area contributed by atoms with Gasteiger partial charge in [0.2, 0.25) is 0 Å². The van der Waals surface area contributed by atoms with Crippen LogP contribution in [0, 0.1) is 5.92 Å². The third kappa shape index (κ3) is 3.22. The summed E-state index contributed by atoms with van der Waals surface area (Å²) in [6, 6.07) is 8.84. The van der Waals surface area contributed by atoms with Crippen molar-refractivity contribution in [3.8, 4) is 0 Å². The van der Waals surface area contributed by atoms with Crippen molar-refractivity contribution in [3.05, 3.63) is 34.9 Å². The molecule has 82 valence electrons. The van der Waals surface area contributed by atoms with Gasteiger partial charge in [-0.25, -0.2) is 0 Å². The van der Waals surface area contributed by atoms with Crippen molar-refractivity contribution < 1.29 is 0 Å². The topological polar surface area (TPSA) is 12.0 Å². The molecule has 1 N–H and O–H groups in total. The molecule has 1 fully saturated rings. The van der Waals surface area contributed by atoms with Crippen molar-refractivity contribution in [2.45, 2.75) is 38.8 Å². The third-order valence-electron chi connectivity index (χ3n) is 3.04. The van der Waals surface area contributed by atoms with Crippen LogP contribution < -0.4 is 5.32 Å². The van der Waals surface area contributed by atoms with Crippen LogP contribution in [0.5, 0.6) is 0 Å². The van der Waals surface area contributed by atoms with Gasteiger partial charge in [-0.2, -0.15) is 0 Å². The van der Waals surface area contributed by atoms with E-state index in [-0.39, 0.29) is 0 Å². The molecule has 2 rings (SSSR count). The van der Waals surface area contributed by atoms with Gasteiger partial charge in [0.1, 0.15) is 0 Å². The van der Waals surface area contributed by atoms with Gasteiger partial charge < -0.3 is 5.32 Å². The van der Waals surface area contributed by atoms with Crippen molar-refractivity contribution in [1.29, 1.82) is 0 Å². The lowest BCUT2D eigenvalue weighted by molar-refractivity contribution is 0.599. The Balaban J connectivity index is 1.75. The van der Waals surface area contributed by atoms with Crippen LogP contribution in [0.25, 0.3) is 0 Å². The van der Waals surface area contributed by atoms with E-state index < -0.39 is 0 Å². The monoisotopic (exact) mass is 223 g/mol. The van der Waals surface area contributed by atoms with Crippen molar-refractivity contribution in [2.24, 2.45) is 5.92 Å². The lowest BCUT2D eigenvalue weighted by atomic mass is 10.2. The molecule has 1 saturated carbocycles. The van der Waals surface area contributed by atoms with Crippen LogP contribution >= 0.6 is 11.6 Å². The second-order valence-corrected chi connectivity index (χ2v) is 4.84. The zero-order valence-electron chi connectivity index (χ0n) is 9.17. The second-order valence-electron chi connectivity index (χ2n) is 4.40. The molecular formula is C13H18ClN. The summed E-state index contributed by atoms with van der Waals surface area (Å²) in [5, 5.41) is 4.41. The third-order valence-corrected chi connectivity index (χ3v) is 3.27. The van der Waals surface area contributed by atoms with E-state index in [1.54, 1.807) is 0 Å². The Morgan fingerprint density at radius 1 is 1.47 bits per heavy atom. The highest BCUT2D eigenvalue weighted by Gasteiger charge is 2.35. The average Bonchev–Trinajstić information content (AvgIpc) is 2.95. The normalized spacial score (nSPS) is 24.1. The number of hydrogen-bond donors (Lipinski definition) is 1. The minimum Gasteiger partial charge on any atom is -0.310 e. The molecule has 0 aliphatic heterocycles. The summed E-state index contributed by atoms with van der Waals surface area (Å²) in [5.74, 6) is 0.925. The number of benzene rings is 1. The summed E-state index contributed by atoms with van der Waals surface area (Å²) in [6.45, 7) is 3.21. The van der Waals surface area contributed by atoms with Crippen LogP contribution in [0.4, 0.5) is 0 Å². The van der Waals surface area contributed by atoms with Gasteiger partial charge in [-0.1, -0.05) is 37.1 Å². The standard InChI is InChI=1S/C13H18ClN/c1-2-4-11-8-13(11)15-9-10-5-3-6-12(14)7-10/h3,5-7,11,13,15H,2,4,8-9H2,1H3. The van der Waals surface area contributed by atoms with Crippen LogP contribution in [-0.2, 0) is 6.54 Å². The predicted molar refractivity (Wildman–Crippen MR) is 65.1 cm³/mol. The number of halogens is 1. The molecule has 0 amide bonds. The minimum absolute atomic E-state index is 0.754. The molecule has 1 nitrogen and oxygen atoms in total. The van der Waals surface area contributed by atoms with Crippen LogP contribution in [0.15, 0.2) is 24.3 Å². The van der Waals surface area contributed by atoms with Gasteiger partial charge >= 0.3 is 0 Å². The Bertz CT molecular complexity index is 324. The van der Waals surface area contributed by atoms with Crippen LogP contribution in [0.3, 0.4) is 0 Å². The van der Waals surface area contributed by atoms with Gasteiger partial charge in [0.05, 0.1) is 0 Å². The minimum atomic E-state index is 0.754. The SMILES string of the molecule is CCCC1CC1NCc1cccc(Cl)c1. The van der Waals surface area contributed by atoms with Gasteiger partial charge in [-0.05, 0) is 36.5 Å². The van der Waals surface area contributed by atoms with Gasteiger partial charge in [-0.15, -0.1) is 0 Å². The molecule has 2 heteroatoms. The highest BCUT2D eigenvalue weighted by atomic mass is 35.5. The molecule has 15 heavy (non-hydrogen) atoms. The number of rotatable bonds is 5. The Kier molecular flexibility index (Phi) is 3.66. The molecule has 1 aliphatic carbocycles. The fraction of sp³-hybridized carbons (Fsp3) is 0.538. The first-order valence-corrected chi connectivity index (χ1v) is 6.15. The highest BCUT2D eigenvalue weighted by Crippen LogP contribution is 2.34. The van der Waals surface area contributed by atoms with Crippen LogP contribution in [0.1, 0.15) is 31.7 Å². The fourth-order valence-corrected chi connectivity index (χ4v) is 2.30. The van der Waals surface area contributed by atoms with E-state index in [0.717, 1.165) is 23.5 Å². The van der Waals surface area contributed by atoms with E-state index in [1.807, 2.05) is 18.2 Å². The fourth-order valence-electron chi connectivity index (χ4n) is 2.08. The number of hydrogen-bond acceptors (Lipinski definition) is 1. The number of nitrogens with one attached hydrogen (secondary N) is 1. The summed E-state index contributed by atoms with van der Waals surface area (Å²) in [7, 11) is 0. The van der Waals surface area contributed by atoms with E-state index >= 15 is 0 Å². The molecule has 0 aromatic heterocycles. The summed E-state index contributed by atoms with van der Waals surface area (Å²) in [6.07, 6.45) is 4.03. The summed E-state index contributed by atoms with van der Waals surface area (Å²) >= 11 is 5.93. The van der Waals surface area contributed by atoms with Gasteiger partial charge in [-0.3, -0.25) is 0 Å². The highest BCUT2D eigenvalue weighted by molar-refractivity contribution is 6.30. The maximum Gasteiger partial charge on any atom is 0.0409 e. The molecule has 1 aromatic carbocycles. The Morgan fingerprint density at radius 3 is 3.07 bits per heavy atom. The van der Waals surface area contributed by atoms with E-state index in [4.69, 9.17) is 11.6 Å². The zero-order valence-corrected chi connectivity index (χ0v) is 9.93. The van der Waals surface area contributed by atoms with Crippen molar-refractivity contribution in [3.63, 3.8) is 0 Å². The zero-order chi connectivity index (χ0) is 10.7. The van der Waals surface area contributed by atoms with Crippen molar-refractivity contribution >= 4 is 11.6 Å². The molecule has 0 heterocycles. The van der Waals surface area contributed by atoms with E-state index in [9.17, 15) is 0 Å². The maximum atomic E-state index is 5.93. The lowest BCUT2D eigenvalue weighted by Crippen LogP contribution is -2.17. The predicted octanol–water partition coefficient (Wildman–Crippen LogP) is 3.62. The second kappa shape index (κ2) is 5.00. The molecule has 1 aliphatic rings. The van der Waals surface area contributed by atoms with Gasteiger partial charge in [0.25, 0.3) is 0 Å². The van der Waals surface area contributed by atoms with E-state index in [2.05, 4.69) is 18.3 Å². The quantitative estimate of drug-likeness (QED) is 0.804.